The lowest BCUT2D eigenvalue weighted by Gasteiger charge is -2.05. The number of hydrogen-bond donors (Lipinski definition) is 2. The molecule has 0 fully saturated rings. The molecule has 1 amide bonds. The zero-order chi connectivity index (χ0) is 12.1. The molecule has 0 aliphatic rings. The van der Waals surface area contributed by atoms with Crippen LogP contribution in [0.1, 0.15) is 5.56 Å². The second kappa shape index (κ2) is 5.14. The molecule has 0 unspecified atom stereocenters. The Morgan fingerprint density at radius 2 is 2.31 bits per heavy atom. The lowest BCUT2D eigenvalue weighted by atomic mass is 10.2. The third-order valence-corrected chi connectivity index (χ3v) is 2.30. The molecule has 3 N–H and O–H groups in total. The van der Waals surface area contributed by atoms with Crippen LogP contribution >= 0.6 is 11.6 Å². The predicted molar refractivity (Wildman–Crippen MR) is 62.1 cm³/mol. The minimum Gasteiger partial charge on any atom is -0.364 e. The quantitative estimate of drug-likeness (QED) is 0.614. The summed E-state index contributed by atoms with van der Waals surface area (Å²) in [7, 11) is 0. The van der Waals surface area contributed by atoms with Crippen molar-refractivity contribution in [2.75, 3.05) is 5.43 Å². The van der Waals surface area contributed by atoms with Crippen LogP contribution in [0.4, 0.5) is 5.69 Å². The van der Waals surface area contributed by atoms with Crippen molar-refractivity contribution in [1.82, 2.24) is 0 Å². The first-order valence-electron chi connectivity index (χ1n) is 4.35. The molecule has 0 atom stereocenters. The molecular weight excluding hydrogens is 228 g/mol. The van der Waals surface area contributed by atoms with Crippen LogP contribution in [0.25, 0.3) is 0 Å². The number of benzene rings is 1. The molecule has 0 aromatic heterocycles. The maximum atomic E-state index is 10.7. The van der Waals surface area contributed by atoms with Crippen LogP contribution in [0.2, 0.25) is 5.02 Å². The Labute approximate surface area is 97.5 Å². The van der Waals surface area contributed by atoms with Gasteiger partial charge >= 0.3 is 0 Å². The fraction of sp³-hybridized carbons (Fsp3) is 0.100. The summed E-state index contributed by atoms with van der Waals surface area (Å²) in [4.78, 5) is 10.7. The van der Waals surface area contributed by atoms with Gasteiger partial charge in [0.2, 0.25) is 5.71 Å². The van der Waals surface area contributed by atoms with Crippen LogP contribution in [-0.4, -0.2) is 11.6 Å². The number of amides is 1. The first kappa shape index (κ1) is 12.0. The number of halogens is 1. The van der Waals surface area contributed by atoms with Crippen molar-refractivity contribution in [2.24, 2.45) is 10.8 Å². The predicted octanol–water partition coefficient (Wildman–Crippen LogP) is 1.43. The van der Waals surface area contributed by atoms with E-state index in [1.807, 2.05) is 0 Å². The van der Waals surface area contributed by atoms with Crippen LogP contribution in [0, 0.1) is 18.3 Å². The Balaban J connectivity index is 2.95. The van der Waals surface area contributed by atoms with Gasteiger partial charge in [-0.15, -0.1) is 0 Å². The molecule has 5 nitrogen and oxygen atoms in total. The molecule has 1 rings (SSSR count). The van der Waals surface area contributed by atoms with Crippen molar-refractivity contribution in [3.8, 4) is 6.07 Å². The highest BCUT2D eigenvalue weighted by Crippen LogP contribution is 2.22. The van der Waals surface area contributed by atoms with Crippen molar-refractivity contribution in [3.63, 3.8) is 0 Å². The molecule has 0 spiro atoms. The van der Waals surface area contributed by atoms with Gasteiger partial charge in [-0.1, -0.05) is 17.7 Å². The van der Waals surface area contributed by atoms with E-state index < -0.39 is 5.91 Å². The molecule has 0 bridgehead atoms. The van der Waals surface area contributed by atoms with Gasteiger partial charge in [-0.25, -0.2) is 0 Å². The van der Waals surface area contributed by atoms with Crippen molar-refractivity contribution in [2.45, 2.75) is 6.92 Å². The lowest BCUT2D eigenvalue weighted by molar-refractivity contribution is -0.111. The number of carbonyl (C=O) groups is 1. The fourth-order valence-electron chi connectivity index (χ4n) is 0.980. The van der Waals surface area contributed by atoms with E-state index in [1.54, 1.807) is 31.2 Å². The number of rotatable bonds is 3. The molecule has 0 saturated carbocycles. The number of nitrogens with zero attached hydrogens (tertiary/aromatic N) is 2. The van der Waals surface area contributed by atoms with E-state index in [0.29, 0.717) is 10.7 Å². The summed E-state index contributed by atoms with van der Waals surface area (Å²) in [5, 5.41) is 12.7. The Morgan fingerprint density at radius 1 is 1.62 bits per heavy atom. The average Bonchev–Trinajstić information content (AvgIpc) is 2.24. The number of hydrazone groups is 1. The Kier molecular flexibility index (Phi) is 3.86. The number of primary amides is 1. The van der Waals surface area contributed by atoms with Crippen LogP contribution in [0.15, 0.2) is 23.3 Å². The normalized spacial score (nSPS) is 10.7. The molecule has 82 valence electrons. The van der Waals surface area contributed by atoms with Crippen LogP contribution in [0.5, 0.6) is 0 Å². The summed E-state index contributed by atoms with van der Waals surface area (Å²) >= 11 is 5.88. The summed E-state index contributed by atoms with van der Waals surface area (Å²) in [5.41, 5.74) is 8.48. The van der Waals surface area contributed by atoms with Gasteiger partial charge in [0.15, 0.2) is 0 Å². The van der Waals surface area contributed by atoms with E-state index in [4.69, 9.17) is 22.6 Å². The summed E-state index contributed by atoms with van der Waals surface area (Å²) < 4.78 is 0. The fourth-order valence-corrected chi connectivity index (χ4v) is 1.15. The number of nitrogens with one attached hydrogen (secondary N) is 1. The molecular formula is C10H9ClN4O. The van der Waals surface area contributed by atoms with Crippen molar-refractivity contribution in [3.05, 3.63) is 28.8 Å². The maximum Gasteiger partial charge on any atom is 0.280 e. The second-order valence-electron chi connectivity index (χ2n) is 2.96. The maximum absolute atomic E-state index is 10.7. The van der Waals surface area contributed by atoms with Gasteiger partial charge < -0.3 is 5.73 Å². The first-order valence-corrected chi connectivity index (χ1v) is 4.72. The average molecular weight is 237 g/mol. The number of nitrogens with two attached hydrogens (primary N) is 1. The molecule has 0 aliphatic heterocycles. The van der Waals surface area contributed by atoms with Crippen molar-refractivity contribution >= 4 is 28.9 Å². The Morgan fingerprint density at radius 3 is 2.88 bits per heavy atom. The third-order valence-electron chi connectivity index (χ3n) is 1.90. The number of hydrogen-bond acceptors (Lipinski definition) is 4. The molecule has 0 radical (unpaired) electrons. The summed E-state index contributed by atoms with van der Waals surface area (Å²) in [6.45, 7) is 1.79. The zero-order valence-corrected chi connectivity index (χ0v) is 9.25. The highest BCUT2D eigenvalue weighted by molar-refractivity contribution is 6.44. The molecule has 1 aromatic carbocycles. The van der Waals surface area contributed by atoms with Crippen molar-refractivity contribution in [1.29, 1.82) is 5.26 Å². The zero-order valence-electron chi connectivity index (χ0n) is 8.49. The van der Waals surface area contributed by atoms with Crippen LogP contribution < -0.4 is 11.2 Å². The largest absolute Gasteiger partial charge is 0.364 e. The summed E-state index contributed by atoms with van der Waals surface area (Å²) in [6, 6.07) is 6.76. The van der Waals surface area contributed by atoms with E-state index in [-0.39, 0.29) is 5.71 Å². The SMILES string of the molecule is Cc1c(Cl)cccc1N/N=C(\C#N)C(N)=O. The van der Waals surface area contributed by atoms with E-state index in [2.05, 4.69) is 10.5 Å². The first-order chi connectivity index (χ1) is 7.56. The van der Waals surface area contributed by atoms with E-state index in [0.717, 1.165) is 5.56 Å². The van der Waals surface area contributed by atoms with Gasteiger partial charge in [-0.05, 0) is 24.6 Å². The minimum absolute atomic E-state index is 0.389. The standard InChI is InChI=1S/C10H9ClN4O/c1-6-7(11)3-2-4-8(6)14-15-9(5-12)10(13)16/h2-4,14H,1H3,(H2,13,16)/b15-9+. The Bertz CT molecular complexity index is 490. The Hall–Kier alpha value is -2.06. The highest BCUT2D eigenvalue weighted by Gasteiger charge is 2.06. The smallest absolute Gasteiger partial charge is 0.280 e. The highest BCUT2D eigenvalue weighted by atomic mass is 35.5. The molecule has 0 heterocycles. The minimum atomic E-state index is -0.880. The van der Waals surface area contributed by atoms with E-state index >= 15 is 0 Å². The molecule has 16 heavy (non-hydrogen) atoms. The van der Waals surface area contributed by atoms with E-state index in [9.17, 15) is 4.79 Å². The van der Waals surface area contributed by atoms with E-state index in [1.165, 1.54) is 0 Å². The van der Waals surface area contributed by atoms with Gasteiger partial charge in [-0.2, -0.15) is 10.4 Å². The van der Waals surface area contributed by atoms with Crippen molar-refractivity contribution < 1.29 is 4.79 Å². The summed E-state index contributed by atoms with van der Waals surface area (Å²) in [5.74, 6) is -0.880. The van der Waals surface area contributed by atoms with Gasteiger partial charge in [0, 0.05) is 5.02 Å². The number of nitriles is 1. The number of carbonyl (C=O) groups excluding carboxylic acids is 1. The van der Waals surface area contributed by atoms with Gasteiger partial charge in [-0.3, -0.25) is 10.2 Å². The van der Waals surface area contributed by atoms with Gasteiger partial charge in [0.1, 0.15) is 6.07 Å². The van der Waals surface area contributed by atoms with Gasteiger partial charge in [0.25, 0.3) is 5.91 Å². The molecule has 6 heteroatoms. The topological polar surface area (TPSA) is 91.3 Å². The number of anilines is 1. The molecule has 1 aromatic rings. The van der Waals surface area contributed by atoms with Crippen LogP contribution in [0.3, 0.4) is 0 Å². The summed E-state index contributed by atoms with van der Waals surface area (Å²) in [6.07, 6.45) is 0. The van der Waals surface area contributed by atoms with Crippen LogP contribution in [-0.2, 0) is 4.79 Å². The lowest BCUT2D eigenvalue weighted by Crippen LogP contribution is -2.22. The second-order valence-corrected chi connectivity index (χ2v) is 3.37. The monoisotopic (exact) mass is 236 g/mol. The molecule has 0 aliphatic carbocycles. The van der Waals surface area contributed by atoms with Gasteiger partial charge in [0.05, 0.1) is 5.69 Å². The molecule has 0 saturated heterocycles. The third kappa shape index (κ3) is 2.72.